The van der Waals surface area contributed by atoms with E-state index < -0.39 is 10.8 Å². The lowest BCUT2D eigenvalue weighted by atomic mass is 9.89. The molecular formula is C17H34IN3OS. The van der Waals surface area contributed by atoms with Gasteiger partial charge in [-0.15, -0.1) is 24.0 Å². The Balaban J connectivity index is 0.00000264. The third-order valence-electron chi connectivity index (χ3n) is 5.13. The zero-order valence-corrected chi connectivity index (χ0v) is 17.8. The van der Waals surface area contributed by atoms with Crippen LogP contribution in [0.25, 0.3) is 0 Å². The molecule has 2 saturated carbocycles. The van der Waals surface area contributed by atoms with E-state index in [0.717, 1.165) is 37.0 Å². The van der Waals surface area contributed by atoms with Crippen molar-refractivity contribution in [2.45, 2.75) is 76.0 Å². The molecule has 2 rings (SSSR count). The van der Waals surface area contributed by atoms with Crippen LogP contribution in [0.3, 0.4) is 0 Å². The summed E-state index contributed by atoms with van der Waals surface area (Å²) < 4.78 is 12.0. The van der Waals surface area contributed by atoms with E-state index in [1.807, 2.05) is 14.0 Å². The Morgan fingerprint density at radius 2 is 1.87 bits per heavy atom. The maximum absolute atomic E-state index is 12.0. The van der Waals surface area contributed by atoms with Crippen LogP contribution in [-0.4, -0.2) is 40.8 Å². The molecule has 2 N–H and O–H groups in total. The van der Waals surface area contributed by atoms with Gasteiger partial charge in [0.05, 0.1) is 0 Å². The molecule has 6 heteroatoms. The van der Waals surface area contributed by atoms with Gasteiger partial charge >= 0.3 is 0 Å². The number of rotatable bonds is 5. The molecule has 4 nitrogen and oxygen atoms in total. The quantitative estimate of drug-likeness (QED) is 0.380. The molecule has 0 amide bonds. The summed E-state index contributed by atoms with van der Waals surface area (Å²) in [5, 5.41) is 7.43. The number of aliphatic imine (C=N–C) groups is 1. The van der Waals surface area contributed by atoms with Crippen molar-refractivity contribution in [2.24, 2.45) is 10.9 Å². The molecule has 23 heavy (non-hydrogen) atoms. The smallest absolute Gasteiger partial charge is 0.191 e. The first-order valence-electron chi connectivity index (χ1n) is 9.07. The number of nitrogens with one attached hydrogen (secondary N) is 2. The Morgan fingerprint density at radius 1 is 1.13 bits per heavy atom. The molecule has 2 aliphatic rings. The second kappa shape index (κ2) is 11.7. The van der Waals surface area contributed by atoms with Crippen molar-refractivity contribution in [3.05, 3.63) is 0 Å². The molecule has 2 fully saturated rings. The zero-order chi connectivity index (χ0) is 15.8. The third-order valence-corrected chi connectivity index (χ3v) is 6.87. The van der Waals surface area contributed by atoms with Crippen LogP contribution in [0.1, 0.15) is 64.7 Å². The molecule has 0 spiro atoms. The van der Waals surface area contributed by atoms with E-state index in [9.17, 15) is 4.21 Å². The van der Waals surface area contributed by atoms with Gasteiger partial charge in [-0.2, -0.15) is 0 Å². The van der Waals surface area contributed by atoms with E-state index in [1.54, 1.807) is 0 Å². The van der Waals surface area contributed by atoms with Crippen LogP contribution < -0.4 is 10.6 Å². The molecule has 0 bridgehead atoms. The Labute approximate surface area is 161 Å². The summed E-state index contributed by atoms with van der Waals surface area (Å²) in [5.41, 5.74) is 0. The van der Waals surface area contributed by atoms with E-state index in [-0.39, 0.29) is 24.0 Å². The number of halogens is 1. The van der Waals surface area contributed by atoms with Gasteiger partial charge in [0, 0.05) is 41.4 Å². The predicted octanol–water partition coefficient (Wildman–Crippen LogP) is 3.43. The highest BCUT2D eigenvalue weighted by Gasteiger charge is 2.26. The highest BCUT2D eigenvalue weighted by Crippen LogP contribution is 2.24. The first-order valence-corrected chi connectivity index (χ1v) is 10.5. The van der Waals surface area contributed by atoms with Crippen molar-refractivity contribution in [3.8, 4) is 0 Å². The first-order chi connectivity index (χ1) is 10.7. The van der Waals surface area contributed by atoms with Crippen LogP contribution in [0.5, 0.6) is 0 Å². The van der Waals surface area contributed by atoms with Crippen molar-refractivity contribution >= 4 is 40.7 Å². The molecule has 0 aliphatic heterocycles. The first kappa shape index (κ1) is 21.2. The molecule has 0 heterocycles. The highest BCUT2D eigenvalue weighted by atomic mass is 127. The monoisotopic (exact) mass is 455 g/mol. The van der Waals surface area contributed by atoms with Gasteiger partial charge < -0.3 is 10.6 Å². The van der Waals surface area contributed by atoms with E-state index >= 15 is 0 Å². The summed E-state index contributed by atoms with van der Waals surface area (Å²) in [6.07, 6.45) is 11.3. The maximum Gasteiger partial charge on any atom is 0.191 e. The molecule has 3 atom stereocenters. The summed E-state index contributed by atoms with van der Waals surface area (Å²) in [7, 11) is 1.19. The Morgan fingerprint density at radius 3 is 2.52 bits per heavy atom. The average molecular weight is 455 g/mol. The Hall–Kier alpha value is 0.150. The van der Waals surface area contributed by atoms with Crippen LogP contribution in [0, 0.1) is 5.92 Å². The minimum atomic E-state index is -0.659. The lowest BCUT2D eigenvalue weighted by molar-refractivity contribution is 0.353. The SMILES string of the molecule is CCS(=O)C1CCCC(NC(=NC)NCC2CCCCC2)C1.I. The van der Waals surface area contributed by atoms with Crippen LogP contribution >= 0.6 is 24.0 Å². The Bertz CT molecular complexity index is 386. The topological polar surface area (TPSA) is 53.5 Å². The fraction of sp³-hybridized carbons (Fsp3) is 0.941. The average Bonchev–Trinajstić information content (AvgIpc) is 2.59. The van der Waals surface area contributed by atoms with Crippen LogP contribution in [0.4, 0.5) is 0 Å². The molecule has 0 radical (unpaired) electrons. The standard InChI is InChI=1S/C17H33N3OS.HI/c1-3-22(21)16-11-7-10-15(12-16)20-17(18-2)19-13-14-8-5-4-6-9-14;/h14-16H,3-13H2,1-2H3,(H2,18,19,20);1H. The van der Waals surface area contributed by atoms with Crippen LogP contribution in [0.2, 0.25) is 0 Å². The number of nitrogens with zero attached hydrogens (tertiary/aromatic N) is 1. The van der Waals surface area contributed by atoms with Gasteiger partial charge in [0.25, 0.3) is 0 Å². The minimum absolute atomic E-state index is 0. The summed E-state index contributed by atoms with van der Waals surface area (Å²) >= 11 is 0. The van der Waals surface area contributed by atoms with E-state index in [1.165, 1.54) is 44.9 Å². The lowest BCUT2D eigenvalue weighted by Crippen LogP contribution is -2.47. The summed E-state index contributed by atoms with van der Waals surface area (Å²) in [6.45, 7) is 3.06. The van der Waals surface area contributed by atoms with Crippen molar-refractivity contribution < 1.29 is 4.21 Å². The van der Waals surface area contributed by atoms with Gasteiger partial charge in [-0.3, -0.25) is 9.20 Å². The van der Waals surface area contributed by atoms with E-state index in [0.29, 0.717) is 11.3 Å². The fourth-order valence-corrected chi connectivity index (χ4v) is 5.12. The molecular weight excluding hydrogens is 421 g/mol. The minimum Gasteiger partial charge on any atom is -0.356 e. The van der Waals surface area contributed by atoms with Gasteiger partial charge in [0.1, 0.15) is 0 Å². The summed E-state index contributed by atoms with van der Waals surface area (Å²) in [4.78, 5) is 4.38. The van der Waals surface area contributed by atoms with Crippen molar-refractivity contribution in [1.82, 2.24) is 10.6 Å². The molecule has 0 saturated heterocycles. The van der Waals surface area contributed by atoms with Gasteiger partial charge in [-0.1, -0.05) is 32.6 Å². The van der Waals surface area contributed by atoms with E-state index in [4.69, 9.17) is 0 Å². The normalized spacial score (nSPS) is 27.8. The second-order valence-corrected chi connectivity index (χ2v) is 8.76. The number of hydrogen-bond donors (Lipinski definition) is 2. The second-order valence-electron chi connectivity index (χ2n) is 6.76. The van der Waals surface area contributed by atoms with Crippen molar-refractivity contribution in [3.63, 3.8) is 0 Å². The summed E-state index contributed by atoms with van der Waals surface area (Å²) in [5.74, 6) is 2.52. The largest absolute Gasteiger partial charge is 0.356 e. The van der Waals surface area contributed by atoms with Crippen LogP contribution in [0.15, 0.2) is 4.99 Å². The molecule has 2 aliphatic carbocycles. The highest BCUT2D eigenvalue weighted by molar-refractivity contribution is 14.0. The van der Waals surface area contributed by atoms with Gasteiger partial charge in [0.2, 0.25) is 0 Å². The fourth-order valence-electron chi connectivity index (χ4n) is 3.77. The Kier molecular flexibility index (Phi) is 10.7. The summed E-state index contributed by atoms with van der Waals surface area (Å²) in [6, 6.07) is 0.423. The van der Waals surface area contributed by atoms with Crippen molar-refractivity contribution in [1.29, 1.82) is 0 Å². The molecule has 0 aromatic heterocycles. The molecule has 136 valence electrons. The lowest BCUT2D eigenvalue weighted by Gasteiger charge is -2.31. The molecule has 3 unspecified atom stereocenters. The third kappa shape index (κ3) is 7.28. The van der Waals surface area contributed by atoms with Gasteiger partial charge in [-0.25, -0.2) is 0 Å². The van der Waals surface area contributed by atoms with Crippen molar-refractivity contribution in [2.75, 3.05) is 19.3 Å². The van der Waals surface area contributed by atoms with Gasteiger partial charge in [0.15, 0.2) is 5.96 Å². The predicted molar refractivity (Wildman–Crippen MR) is 111 cm³/mol. The maximum atomic E-state index is 12.0. The van der Waals surface area contributed by atoms with Crippen LogP contribution in [-0.2, 0) is 10.8 Å². The van der Waals surface area contributed by atoms with Gasteiger partial charge in [-0.05, 0) is 38.0 Å². The number of hydrogen-bond acceptors (Lipinski definition) is 2. The molecule has 0 aromatic rings. The van der Waals surface area contributed by atoms with E-state index in [2.05, 4.69) is 15.6 Å². The molecule has 0 aromatic carbocycles. The zero-order valence-electron chi connectivity index (χ0n) is 14.7. The number of guanidine groups is 1.